The van der Waals surface area contributed by atoms with Gasteiger partial charge in [0.15, 0.2) is 10.8 Å². The summed E-state index contributed by atoms with van der Waals surface area (Å²) in [6.07, 6.45) is 2.49. The Balaban J connectivity index is 2.08. The Hall–Kier alpha value is -1.13. The fourth-order valence-corrected chi connectivity index (χ4v) is 2.19. The topological polar surface area (TPSA) is 52.0 Å². The lowest BCUT2D eigenvalue weighted by Crippen LogP contribution is -2.28. The molecule has 1 atom stereocenters. The van der Waals surface area contributed by atoms with Crippen molar-refractivity contribution in [1.82, 2.24) is 4.98 Å². The number of nitrogens with two attached hydrogens (primary N) is 1. The van der Waals surface area contributed by atoms with Gasteiger partial charge in [-0.05, 0) is 18.1 Å². The molecular formula is C12H16N2OS. The van der Waals surface area contributed by atoms with Crippen LogP contribution in [0.3, 0.4) is 0 Å². The number of furan rings is 1. The zero-order chi connectivity index (χ0) is 11.5. The molecule has 16 heavy (non-hydrogen) atoms. The number of hydrogen-bond donors (Lipinski definition) is 1. The number of aromatic nitrogens is 1. The van der Waals surface area contributed by atoms with Crippen molar-refractivity contribution in [3.63, 3.8) is 0 Å². The standard InChI is InChI=1S/C12H16N2OS/c1-8(2)10(13)6-9-7-16-12(14-9)11-4-3-5-15-11/h3-5,7-8,10H,6,13H2,1-2H3. The third kappa shape index (κ3) is 2.51. The van der Waals surface area contributed by atoms with Crippen LogP contribution in [-0.4, -0.2) is 11.0 Å². The summed E-state index contributed by atoms with van der Waals surface area (Å²) in [6.45, 7) is 4.26. The van der Waals surface area contributed by atoms with Gasteiger partial charge in [-0.3, -0.25) is 0 Å². The lowest BCUT2D eigenvalue weighted by molar-refractivity contribution is 0.487. The van der Waals surface area contributed by atoms with E-state index < -0.39 is 0 Å². The first kappa shape index (κ1) is 11.4. The van der Waals surface area contributed by atoms with Crippen molar-refractivity contribution in [2.24, 2.45) is 11.7 Å². The molecule has 2 rings (SSSR count). The van der Waals surface area contributed by atoms with Gasteiger partial charge >= 0.3 is 0 Å². The quantitative estimate of drug-likeness (QED) is 0.888. The molecule has 0 amide bonds. The molecule has 0 radical (unpaired) electrons. The van der Waals surface area contributed by atoms with Crippen molar-refractivity contribution in [3.05, 3.63) is 29.5 Å². The highest BCUT2D eigenvalue weighted by Crippen LogP contribution is 2.24. The van der Waals surface area contributed by atoms with E-state index in [2.05, 4.69) is 24.2 Å². The maximum absolute atomic E-state index is 6.02. The first-order valence-corrected chi connectivity index (χ1v) is 6.28. The second kappa shape index (κ2) is 4.80. The molecule has 86 valence electrons. The van der Waals surface area contributed by atoms with E-state index in [1.54, 1.807) is 17.6 Å². The van der Waals surface area contributed by atoms with Crippen molar-refractivity contribution >= 4 is 11.3 Å². The van der Waals surface area contributed by atoms with Gasteiger partial charge in [0.1, 0.15) is 0 Å². The first-order chi connectivity index (χ1) is 7.66. The lowest BCUT2D eigenvalue weighted by atomic mass is 10.0. The van der Waals surface area contributed by atoms with Gasteiger partial charge in [-0.1, -0.05) is 13.8 Å². The van der Waals surface area contributed by atoms with Crippen LogP contribution in [0, 0.1) is 5.92 Å². The molecular weight excluding hydrogens is 220 g/mol. The van der Waals surface area contributed by atoms with Gasteiger partial charge < -0.3 is 10.2 Å². The third-order valence-corrected chi connectivity index (χ3v) is 3.49. The van der Waals surface area contributed by atoms with Crippen LogP contribution in [0.5, 0.6) is 0 Å². The van der Waals surface area contributed by atoms with E-state index in [4.69, 9.17) is 10.2 Å². The number of nitrogens with zero attached hydrogens (tertiary/aromatic N) is 1. The monoisotopic (exact) mass is 236 g/mol. The molecule has 0 saturated carbocycles. The Bertz CT molecular complexity index is 434. The van der Waals surface area contributed by atoms with Crippen LogP contribution >= 0.6 is 11.3 Å². The molecule has 2 N–H and O–H groups in total. The Morgan fingerprint density at radius 3 is 2.94 bits per heavy atom. The summed E-state index contributed by atoms with van der Waals surface area (Å²) in [4.78, 5) is 4.52. The predicted octanol–water partition coefficient (Wildman–Crippen LogP) is 2.93. The number of hydrogen-bond acceptors (Lipinski definition) is 4. The average Bonchev–Trinajstić information content (AvgIpc) is 2.85. The molecule has 2 aromatic rings. The highest BCUT2D eigenvalue weighted by molar-refractivity contribution is 7.13. The molecule has 0 spiro atoms. The molecule has 0 fully saturated rings. The van der Waals surface area contributed by atoms with Crippen molar-refractivity contribution in [3.8, 4) is 10.8 Å². The molecule has 3 nitrogen and oxygen atoms in total. The normalized spacial score (nSPS) is 13.2. The second-order valence-electron chi connectivity index (χ2n) is 4.23. The summed E-state index contributed by atoms with van der Waals surface area (Å²) in [7, 11) is 0. The van der Waals surface area contributed by atoms with Gasteiger partial charge in [0.2, 0.25) is 0 Å². The van der Waals surface area contributed by atoms with Crippen LogP contribution in [0.15, 0.2) is 28.2 Å². The molecule has 0 saturated heterocycles. The maximum atomic E-state index is 6.02. The molecule has 0 aliphatic rings. The molecule has 0 bridgehead atoms. The van der Waals surface area contributed by atoms with Crippen LogP contribution < -0.4 is 5.73 Å². The second-order valence-corrected chi connectivity index (χ2v) is 5.09. The Morgan fingerprint density at radius 1 is 1.50 bits per heavy atom. The Kier molecular flexibility index (Phi) is 3.41. The van der Waals surface area contributed by atoms with E-state index in [0.717, 1.165) is 22.9 Å². The van der Waals surface area contributed by atoms with Crippen molar-refractivity contribution < 1.29 is 4.42 Å². The molecule has 0 aliphatic heterocycles. The van der Waals surface area contributed by atoms with Gasteiger partial charge in [-0.15, -0.1) is 11.3 Å². The number of thiazole rings is 1. The fourth-order valence-electron chi connectivity index (χ4n) is 1.39. The summed E-state index contributed by atoms with van der Waals surface area (Å²) in [5.74, 6) is 1.31. The van der Waals surface area contributed by atoms with E-state index in [-0.39, 0.29) is 6.04 Å². The summed E-state index contributed by atoms with van der Waals surface area (Å²) in [6, 6.07) is 3.97. The summed E-state index contributed by atoms with van der Waals surface area (Å²) >= 11 is 1.60. The Labute approximate surface area is 99.3 Å². The molecule has 4 heteroatoms. The minimum absolute atomic E-state index is 0.173. The van der Waals surface area contributed by atoms with Crippen LogP contribution in [0.1, 0.15) is 19.5 Å². The third-order valence-electron chi connectivity index (χ3n) is 2.58. The van der Waals surface area contributed by atoms with Crippen LogP contribution in [0.25, 0.3) is 10.8 Å². The smallest absolute Gasteiger partial charge is 0.162 e. The van der Waals surface area contributed by atoms with E-state index in [9.17, 15) is 0 Å². The minimum atomic E-state index is 0.173. The van der Waals surface area contributed by atoms with Crippen molar-refractivity contribution in [2.75, 3.05) is 0 Å². The molecule has 0 aliphatic carbocycles. The van der Waals surface area contributed by atoms with Crippen LogP contribution in [0.4, 0.5) is 0 Å². The van der Waals surface area contributed by atoms with Gasteiger partial charge in [-0.25, -0.2) is 4.98 Å². The average molecular weight is 236 g/mol. The molecule has 1 unspecified atom stereocenters. The number of rotatable bonds is 4. The SMILES string of the molecule is CC(C)C(N)Cc1csc(-c2ccco2)n1. The molecule has 2 heterocycles. The van der Waals surface area contributed by atoms with E-state index in [1.165, 1.54) is 0 Å². The summed E-state index contributed by atoms with van der Waals surface area (Å²) in [5, 5.41) is 2.98. The fraction of sp³-hybridized carbons (Fsp3) is 0.417. The minimum Gasteiger partial charge on any atom is -0.462 e. The van der Waals surface area contributed by atoms with Crippen molar-refractivity contribution in [2.45, 2.75) is 26.3 Å². The van der Waals surface area contributed by atoms with Crippen molar-refractivity contribution in [1.29, 1.82) is 0 Å². The van der Waals surface area contributed by atoms with E-state index >= 15 is 0 Å². The predicted molar refractivity (Wildman–Crippen MR) is 66.3 cm³/mol. The van der Waals surface area contributed by atoms with E-state index in [0.29, 0.717) is 5.92 Å². The maximum Gasteiger partial charge on any atom is 0.162 e. The zero-order valence-corrected chi connectivity index (χ0v) is 10.3. The van der Waals surface area contributed by atoms with E-state index in [1.807, 2.05) is 12.1 Å². The van der Waals surface area contributed by atoms with Gasteiger partial charge in [0, 0.05) is 17.8 Å². The van der Waals surface area contributed by atoms with Gasteiger partial charge in [-0.2, -0.15) is 0 Å². The molecule has 2 aromatic heterocycles. The zero-order valence-electron chi connectivity index (χ0n) is 9.51. The summed E-state index contributed by atoms with van der Waals surface area (Å²) in [5.41, 5.74) is 7.07. The lowest BCUT2D eigenvalue weighted by Gasteiger charge is -2.13. The highest BCUT2D eigenvalue weighted by atomic mass is 32.1. The largest absolute Gasteiger partial charge is 0.462 e. The summed E-state index contributed by atoms with van der Waals surface area (Å²) < 4.78 is 5.30. The van der Waals surface area contributed by atoms with Gasteiger partial charge in [0.25, 0.3) is 0 Å². The van der Waals surface area contributed by atoms with Gasteiger partial charge in [0.05, 0.1) is 12.0 Å². The van der Waals surface area contributed by atoms with Crippen LogP contribution in [-0.2, 0) is 6.42 Å². The van der Waals surface area contributed by atoms with Crippen LogP contribution in [0.2, 0.25) is 0 Å². The highest BCUT2D eigenvalue weighted by Gasteiger charge is 2.12. The first-order valence-electron chi connectivity index (χ1n) is 5.40. The Morgan fingerprint density at radius 2 is 2.31 bits per heavy atom. The molecule has 0 aromatic carbocycles.